The van der Waals surface area contributed by atoms with E-state index in [4.69, 9.17) is 0 Å². The number of nitrogens with one attached hydrogen (secondary N) is 1. The maximum atomic E-state index is 13.1. The van der Waals surface area contributed by atoms with Crippen molar-refractivity contribution >= 4 is 38.5 Å². The molecule has 2 heterocycles. The summed E-state index contributed by atoms with van der Waals surface area (Å²) in [6, 6.07) is 16.0. The van der Waals surface area contributed by atoms with E-state index in [9.17, 15) is 17.6 Å². The smallest absolute Gasteiger partial charge is 0.271 e. The highest BCUT2D eigenvalue weighted by Crippen LogP contribution is 2.24. The Morgan fingerprint density at radius 2 is 1.77 bits per heavy atom. The third-order valence-corrected chi connectivity index (χ3v) is 7.63. The van der Waals surface area contributed by atoms with E-state index in [0.29, 0.717) is 30.8 Å². The number of sulfonamides is 1. The Kier molecular flexibility index (Phi) is 5.69. The number of hydrogen-bond donors (Lipinski definition) is 1. The average molecular weight is 443 g/mol. The first kappa shape index (κ1) is 20.3. The Morgan fingerprint density at radius 1 is 1.03 bits per heavy atom. The molecule has 4 rings (SSSR count). The van der Waals surface area contributed by atoms with Crippen LogP contribution < -0.4 is 4.72 Å². The van der Waals surface area contributed by atoms with Gasteiger partial charge in [0.2, 0.25) is 0 Å². The fraction of sp³-hybridized carbons (Fsp3) is 0.136. The van der Waals surface area contributed by atoms with E-state index in [2.05, 4.69) is 4.72 Å². The molecule has 0 bridgehead atoms. The molecule has 1 N–H and O–H groups in total. The third-order valence-electron chi connectivity index (χ3n) is 4.86. The fourth-order valence-corrected chi connectivity index (χ4v) is 5.32. The van der Waals surface area contributed by atoms with Crippen LogP contribution in [-0.4, -0.2) is 32.3 Å². The highest BCUT2D eigenvalue weighted by molar-refractivity contribution is 7.94. The zero-order chi connectivity index (χ0) is 21.1. The Labute approximate surface area is 178 Å². The van der Waals surface area contributed by atoms with Gasteiger partial charge in [0.25, 0.3) is 15.9 Å². The van der Waals surface area contributed by atoms with Crippen LogP contribution in [0.15, 0.2) is 76.3 Å². The van der Waals surface area contributed by atoms with E-state index in [1.165, 1.54) is 18.2 Å². The van der Waals surface area contributed by atoms with Crippen LogP contribution in [0.4, 0.5) is 10.1 Å². The van der Waals surface area contributed by atoms with Crippen LogP contribution >= 0.6 is 11.3 Å². The van der Waals surface area contributed by atoms with Crippen LogP contribution in [0.25, 0.3) is 5.57 Å². The van der Waals surface area contributed by atoms with Crippen molar-refractivity contribution in [3.63, 3.8) is 0 Å². The number of anilines is 1. The van der Waals surface area contributed by atoms with Gasteiger partial charge in [0.1, 0.15) is 10.0 Å². The summed E-state index contributed by atoms with van der Waals surface area (Å²) in [6.07, 6.45) is 2.67. The molecule has 1 aromatic heterocycles. The summed E-state index contributed by atoms with van der Waals surface area (Å²) < 4.78 is 40.4. The van der Waals surface area contributed by atoms with E-state index in [0.717, 1.165) is 22.5 Å². The van der Waals surface area contributed by atoms with Crippen molar-refractivity contribution in [1.82, 2.24) is 4.90 Å². The van der Waals surface area contributed by atoms with Gasteiger partial charge in [-0.2, -0.15) is 0 Å². The van der Waals surface area contributed by atoms with Gasteiger partial charge in [0.15, 0.2) is 0 Å². The molecule has 8 heteroatoms. The summed E-state index contributed by atoms with van der Waals surface area (Å²) in [7, 11) is -3.62. The van der Waals surface area contributed by atoms with E-state index in [1.54, 1.807) is 52.7 Å². The van der Waals surface area contributed by atoms with Crippen LogP contribution in [0.1, 0.15) is 22.3 Å². The largest absolute Gasteiger partial charge is 0.335 e. The van der Waals surface area contributed by atoms with Gasteiger partial charge in [-0.3, -0.25) is 9.52 Å². The van der Waals surface area contributed by atoms with Crippen LogP contribution in [-0.2, 0) is 10.0 Å². The molecular formula is C22H19FN2O3S2. The Bertz CT molecular complexity index is 1170. The highest BCUT2D eigenvalue weighted by Gasteiger charge is 2.20. The van der Waals surface area contributed by atoms with Crippen LogP contribution in [0.3, 0.4) is 0 Å². The number of nitrogens with zero attached hydrogens (tertiary/aromatic N) is 1. The monoisotopic (exact) mass is 442 g/mol. The van der Waals surface area contributed by atoms with E-state index in [-0.39, 0.29) is 15.9 Å². The fourth-order valence-electron chi connectivity index (χ4n) is 3.27. The van der Waals surface area contributed by atoms with Gasteiger partial charge < -0.3 is 4.90 Å². The Morgan fingerprint density at radius 3 is 2.37 bits per heavy atom. The van der Waals surface area contributed by atoms with Crippen molar-refractivity contribution in [3.05, 3.63) is 89.1 Å². The molecule has 30 heavy (non-hydrogen) atoms. The lowest BCUT2D eigenvalue weighted by atomic mass is 9.99. The third kappa shape index (κ3) is 4.44. The van der Waals surface area contributed by atoms with Crippen molar-refractivity contribution in [2.24, 2.45) is 0 Å². The van der Waals surface area contributed by atoms with Gasteiger partial charge in [0.05, 0.1) is 0 Å². The first-order chi connectivity index (χ1) is 14.4. The van der Waals surface area contributed by atoms with Crippen molar-refractivity contribution in [2.75, 3.05) is 17.8 Å². The van der Waals surface area contributed by atoms with Gasteiger partial charge >= 0.3 is 0 Å². The van der Waals surface area contributed by atoms with Crippen molar-refractivity contribution in [1.29, 1.82) is 0 Å². The Hall–Kier alpha value is -2.97. The molecule has 0 atom stereocenters. The van der Waals surface area contributed by atoms with Gasteiger partial charge in [-0.1, -0.05) is 24.3 Å². The van der Waals surface area contributed by atoms with Gasteiger partial charge in [-0.15, -0.1) is 11.3 Å². The molecule has 1 aliphatic rings. The summed E-state index contributed by atoms with van der Waals surface area (Å²) in [4.78, 5) is 14.5. The van der Waals surface area contributed by atoms with Gasteiger partial charge in [-0.25, -0.2) is 12.8 Å². The summed E-state index contributed by atoms with van der Waals surface area (Å²) in [5.74, 6) is -0.384. The number of carbonyl (C=O) groups is 1. The molecule has 0 fully saturated rings. The summed E-state index contributed by atoms with van der Waals surface area (Å²) in [5.41, 5.74) is 2.95. The minimum absolute atomic E-state index is 0.114. The SMILES string of the molecule is O=C(c1ccc(NS(=O)(=O)c2cccs2)cc1)N1CC=C(c2ccc(F)cc2)CC1. The average Bonchev–Trinajstić information content (AvgIpc) is 3.30. The number of hydrogen-bond acceptors (Lipinski definition) is 4. The number of amides is 1. The second-order valence-corrected chi connectivity index (χ2v) is 9.71. The molecule has 0 unspecified atom stereocenters. The number of rotatable bonds is 5. The van der Waals surface area contributed by atoms with Crippen molar-refractivity contribution in [3.8, 4) is 0 Å². The number of halogens is 1. The normalized spacial score (nSPS) is 14.3. The quantitative estimate of drug-likeness (QED) is 0.627. The second kappa shape index (κ2) is 8.41. The standard InChI is InChI=1S/C22H19FN2O3S2/c23-19-7-3-16(4-8-19)17-11-13-25(14-12-17)22(26)18-5-9-20(10-6-18)24-30(27,28)21-2-1-15-29-21/h1-11,15,24H,12-14H2. The molecule has 154 valence electrons. The molecule has 2 aromatic carbocycles. The molecule has 0 spiro atoms. The van der Waals surface area contributed by atoms with Crippen molar-refractivity contribution in [2.45, 2.75) is 10.6 Å². The first-order valence-corrected chi connectivity index (χ1v) is 11.7. The number of carbonyl (C=O) groups excluding carboxylic acids is 1. The second-order valence-electron chi connectivity index (χ2n) is 6.85. The van der Waals surface area contributed by atoms with E-state index in [1.807, 2.05) is 6.08 Å². The lowest BCUT2D eigenvalue weighted by Crippen LogP contribution is -2.34. The van der Waals surface area contributed by atoms with Gasteiger partial charge in [-0.05, 0) is 65.4 Å². The molecular weight excluding hydrogens is 423 g/mol. The molecule has 0 saturated carbocycles. The predicted octanol–water partition coefficient (Wildman–Crippen LogP) is 4.62. The van der Waals surface area contributed by atoms with E-state index >= 15 is 0 Å². The topological polar surface area (TPSA) is 66.5 Å². The minimum Gasteiger partial charge on any atom is -0.335 e. The number of benzene rings is 2. The molecule has 0 radical (unpaired) electrons. The summed E-state index contributed by atoms with van der Waals surface area (Å²) in [6.45, 7) is 1.03. The van der Waals surface area contributed by atoms with Crippen LogP contribution in [0.5, 0.6) is 0 Å². The zero-order valence-electron chi connectivity index (χ0n) is 15.9. The molecule has 0 saturated heterocycles. The maximum absolute atomic E-state index is 13.1. The lowest BCUT2D eigenvalue weighted by Gasteiger charge is -2.27. The van der Waals surface area contributed by atoms with Crippen LogP contribution in [0, 0.1) is 5.82 Å². The predicted molar refractivity (Wildman–Crippen MR) is 116 cm³/mol. The number of thiophene rings is 1. The highest BCUT2D eigenvalue weighted by atomic mass is 32.2. The summed E-state index contributed by atoms with van der Waals surface area (Å²) in [5, 5.41) is 1.70. The molecule has 1 aliphatic heterocycles. The minimum atomic E-state index is -3.62. The molecule has 3 aromatic rings. The maximum Gasteiger partial charge on any atom is 0.271 e. The lowest BCUT2D eigenvalue weighted by molar-refractivity contribution is 0.0773. The first-order valence-electron chi connectivity index (χ1n) is 9.33. The van der Waals surface area contributed by atoms with Crippen LogP contribution in [0.2, 0.25) is 0 Å². The van der Waals surface area contributed by atoms with Crippen molar-refractivity contribution < 1.29 is 17.6 Å². The molecule has 1 amide bonds. The molecule has 0 aliphatic carbocycles. The molecule has 5 nitrogen and oxygen atoms in total. The van der Waals surface area contributed by atoms with Gasteiger partial charge in [0, 0.05) is 24.3 Å². The zero-order valence-corrected chi connectivity index (χ0v) is 17.5. The summed E-state index contributed by atoms with van der Waals surface area (Å²) >= 11 is 1.14. The Balaban J connectivity index is 1.41. The van der Waals surface area contributed by atoms with E-state index < -0.39 is 10.0 Å².